The van der Waals surface area contributed by atoms with Crippen LogP contribution >= 0.6 is 10.6 Å². The Balaban J connectivity index is 1.38. The van der Waals surface area contributed by atoms with Crippen molar-refractivity contribution >= 4 is 22.2 Å². The van der Waals surface area contributed by atoms with Gasteiger partial charge in [0, 0.05) is 41.9 Å². The Morgan fingerprint density at radius 2 is 1.68 bits per heavy atom. The van der Waals surface area contributed by atoms with Crippen LogP contribution in [0.15, 0.2) is 48.5 Å². The molecule has 0 radical (unpaired) electrons. The number of amides is 1. The fourth-order valence-electron chi connectivity index (χ4n) is 6.29. The molecule has 10 heteroatoms. The van der Waals surface area contributed by atoms with Crippen molar-refractivity contribution in [1.29, 1.82) is 5.26 Å². The number of carbonyl (C=O) groups excluding carboxylic acids is 1. The second-order valence-corrected chi connectivity index (χ2v) is 14.1. The second-order valence-electron chi connectivity index (χ2n) is 11.7. The molecule has 1 amide bonds. The molecule has 2 aromatic carbocycles. The molecule has 2 saturated carbocycles. The molecule has 216 valence electrons. The Hall–Kier alpha value is -3.39. The Kier molecular flexibility index (Phi) is 7.30. The topological polar surface area (TPSA) is 114 Å². The first-order valence-electron chi connectivity index (χ1n) is 14.4. The monoisotopic (exact) mass is 577 g/mol. The van der Waals surface area contributed by atoms with Crippen LogP contribution in [-0.4, -0.2) is 54.9 Å². The lowest BCUT2D eigenvalue weighted by Crippen LogP contribution is -2.42. The molecule has 1 saturated heterocycles. The predicted octanol–water partition coefficient (Wildman–Crippen LogP) is 6.00. The highest BCUT2D eigenvalue weighted by atomic mass is 32.3. The molecule has 0 unspecified atom stereocenters. The molecule has 3 aliphatic rings. The van der Waals surface area contributed by atoms with Crippen LogP contribution in [0.25, 0.3) is 16.8 Å². The van der Waals surface area contributed by atoms with Crippen LogP contribution in [0.3, 0.4) is 0 Å². The summed E-state index contributed by atoms with van der Waals surface area (Å²) < 4.78 is 35.6. The lowest BCUT2D eigenvalue weighted by Gasteiger charge is -2.41. The molecular weight excluding hydrogens is 541 g/mol. The molecule has 2 aliphatic carbocycles. The lowest BCUT2D eigenvalue weighted by atomic mass is 9.75. The highest BCUT2D eigenvalue weighted by Gasteiger charge is 2.47. The van der Waals surface area contributed by atoms with E-state index in [2.05, 4.69) is 40.6 Å². The van der Waals surface area contributed by atoms with Gasteiger partial charge in [-0.1, -0.05) is 25.0 Å². The van der Waals surface area contributed by atoms with Crippen molar-refractivity contribution in [1.82, 2.24) is 15.1 Å². The molecule has 6 rings (SSSR count). The van der Waals surface area contributed by atoms with Gasteiger partial charge in [0.2, 0.25) is 5.91 Å². The van der Waals surface area contributed by atoms with E-state index >= 15 is 0 Å². The van der Waals surface area contributed by atoms with Gasteiger partial charge in [0.1, 0.15) is 11.4 Å². The Morgan fingerprint density at radius 1 is 1.05 bits per heavy atom. The van der Waals surface area contributed by atoms with E-state index in [1.807, 2.05) is 11.6 Å². The number of nitrogens with zero attached hydrogens (tertiary/aromatic N) is 4. The zero-order valence-electron chi connectivity index (χ0n) is 23.2. The summed E-state index contributed by atoms with van der Waals surface area (Å²) in [6, 6.07) is 16.8. The van der Waals surface area contributed by atoms with E-state index in [4.69, 9.17) is 5.10 Å². The van der Waals surface area contributed by atoms with Gasteiger partial charge in [-0.2, -0.15) is 21.0 Å². The van der Waals surface area contributed by atoms with Crippen LogP contribution < -0.4 is 10.2 Å². The quantitative estimate of drug-likeness (QED) is 0.331. The lowest BCUT2D eigenvalue weighted by molar-refractivity contribution is -0.127. The minimum atomic E-state index is -2.47. The van der Waals surface area contributed by atoms with Gasteiger partial charge in [0.05, 0.1) is 29.0 Å². The fourth-order valence-corrected chi connectivity index (χ4v) is 7.52. The van der Waals surface area contributed by atoms with Crippen LogP contribution in [-0.2, 0) is 4.79 Å². The second kappa shape index (κ2) is 10.8. The Morgan fingerprint density at radius 3 is 2.32 bits per heavy atom. The van der Waals surface area contributed by atoms with E-state index in [-0.39, 0.29) is 23.6 Å². The first-order valence-corrected chi connectivity index (χ1v) is 16.2. The number of nitrogens with one attached hydrogen (secondary N) is 1. The number of anilines is 1. The third-order valence-electron chi connectivity index (χ3n) is 8.89. The van der Waals surface area contributed by atoms with Gasteiger partial charge in [-0.3, -0.25) is 13.9 Å². The summed E-state index contributed by atoms with van der Waals surface area (Å²) in [5.74, 6) is -0.0251. The summed E-state index contributed by atoms with van der Waals surface area (Å²) in [4.78, 5) is 15.7. The maximum absolute atomic E-state index is 13.8. The summed E-state index contributed by atoms with van der Waals surface area (Å²) in [6.45, 7) is 3.19. The van der Waals surface area contributed by atoms with Crippen LogP contribution in [0, 0.1) is 30.0 Å². The molecule has 2 heterocycles. The molecule has 1 aliphatic heterocycles. The van der Waals surface area contributed by atoms with Crippen LogP contribution in [0.1, 0.15) is 55.8 Å². The molecule has 3 N–H and O–H groups in total. The van der Waals surface area contributed by atoms with Gasteiger partial charge in [0.15, 0.2) is 0 Å². The summed E-state index contributed by atoms with van der Waals surface area (Å²) in [5.41, 5.74) is 4.77. The Labute approximate surface area is 241 Å². The maximum atomic E-state index is 13.8. The summed E-state index contributed by atoms with van der Waals surface area (Å²) in [6.07, 6.45) is 4.90. The third-order valence-corrected chi connectivity index (χ3v) is 10.6. The van der Waals surface area contributed by atoms with E-state index in [9.17, 15) is 23.6 Å². The van der Waals surface area contributed by atoms with Crippen molar-refractivity contribution in [3.8, 4) is 22.9 Å². The smallest absolute Gasteiger partial charge is 0.225 e. The number of rotatable bonds is 6. The van der Waals surface area contributed by atoms with Crippen molar-refractivity contribution in [2.75, 3.05) is 29.5 Å². The van der Waals surface area contributed by atoms with Crippen molar-refractivity contribution < 1.29 is 18.3 Å². The highest BCUT2D eigenvalue weighted by molar-refractivity contribution is 8.24. The van der Waals surface area contributed by atoms with E-state index in [1.165, 1.54) is 12.1 Å². The normalized spacial score (nSPS) is 23.8. The molecule has 2 atom stereocenters. The van der Waals surface area contributed by atoms with Crippen molar-refractivity contribution in [2.24, 2.45) is 5.92 Å². The number of hydrogen-bond acceptors (Lipinski definition) is 6. The number of carbonyl (C=O) groups is 1. The minimum Gasteiger partial charge on any atom is -0.368 e. The number of halogens is 1. The first kappa shape index (κ1) is 27.8. The first-order chi connectivity index (χ1) is 19.7. The van der Waals surface area contributed by atoms with Gasteiger partial charge >= 0.3 is 0 Å². The van der Waals surface area contributed by atoms with E-state index < -0.39 is 16.1 Å². The SMILES string of the molecule is Cc1c(-c2ccc(N3CCS(O)(O)CC3)cc2)c([C@@H]2CCCC[C@H]2C(=O)NC2(C#N)CC2)nn1-c1ccc(F)cc1. The summed E-state index contributed by atoms with van der Waals surface area (Å²) in [7, 11) is -2.47. The highest BCUT2D eigenvalue weighted by Crippen LogP contribution is 2.45. The summed E-state index contributed by atoms with van der Waals surface area (Å²) in [5, 5.41) is 17.7. The molecule has 0 spiro atoms. The Bertz CT molecular complexity index is 1470. The van der Waals surface area contributed by atoms with Gasteiger partial charge in [-0.05, 0) is 74.6 Å². The van der Waals surface area contributed by atoms with E-state index in [1.54, 1.807) is 12.1 Å². The molecule has 8 nitrogen and oxygen atoms in total. The maximum Gasteiger partial charge on any atom is 0.225 e. The van der Waals surface area contributed by atoms with E-state index in [0.29, 0.717) is 37.4 Å². The molecule has 3 aromatic rings. The molecule has 3 fully saturated rings. The third kappa shape index (κ3) is 5.59. The standard InChI is InChI=1S/C31H36FN5O3S/c1-21-28(22-6-10-24(11-7-22)36-16-18-41(39,40)19-17-36)29(35-37(21)25-12-8-23(32)9-13-25)26-4-2-3-5-27(26)30(38)34-31(20-33)14-15-31/h6-13,26-27,39-40H,2-5,14-19H2,1H3,(H,34,38)/t26-,27-/m1/s1. The molecule has 41 heavy (non-hydrogen) atoms. The van der Waals surface area contributed by atoms with Crippen LogP contribution in [0.2, 0.25) is 0 Å². The zero-order valence-corrected chi connectivity index (χ0v) is 24.0. The number of aromatic nitrogens is 2. The van der Waals surface area contributed by atoms with Crippen molar-refractivity contribution in [3.63, 3.8) is 0 Å². The van der Waals surface area contributed by atoms with Crippen molar-refractivity contribution in [3.05, 3.63) is 65.7 Å². The van der Waals surface area contributed by atoms with Gasteiger partial charge in [0.25, 0.3) is 0 Å². The fraction of sp³-hybridized carbons (Fsp3) is 0.452. The van der Waals surface area contributed by atoms with E-state index in [0.717, 1.165) is 59.6 Å². The largest absolute Gasteiger partial charge is 0.368 e. The van der Waals surface area contributed by atoms with Gasteiger partial charge in [-0.25, -0.2) is 9.07 Å². The van der Waals surface area contributed by atoms with Gasteiger partial charge < -0.3 is 10.2 Å². The molecule has 1 aromatic heterocycles. The predicted molar refractivity (Wildman–Crippen MR) is 159 cm³/mol. The average molecular weight is 578 g/mol. The minimum absolute atomic E-state index is 0.0693. The van der Waals surface area contributed by atoms with Gasteiger partial charge in [-0.15, -0.1) is 0 Å². The summed E-state index contributed by atoms with van der Waals surface area (Å²) >= 11 is 0. The van der Waals surface area contributed by atoms with Crippen LogP contribution in [0.5, 0.6) is 0 Å². The number of hydrogen-bond donors (Lipinski definition) is 3. The van der Waals surface area contributed by atoms with Crippen molar-refractivity contribution in [2.45, 2.75) is 56.9 Å². The molecule has 0 bridgehead atoms. The molecular formula is C31H36FN5O3S. The zero-order chi connectivity index (χ0) is 28.8. The number of benzene rings is 2. The average Bonchev–Trinajstić information content (AvgIpc) is 3.67. The van der Waals surface area contributed by atoms with Crippen LogP contribution in [0.4, 0.5) is 10.1 Å². The number of nitriles is 1.